The molecule has 19 heavy (non-hydrogen) atoms. The van der Waals surface area contributed by atoms with E-state index in [1.165, 1.54) is 23.9 Å². The SMILES string of the molecule is Cn1cc(Sc2ccc(C(=O)O)cc2[N+](=O)[O-])cn1. The van der Waals surface area contributed by atoms with Crippen LogP contribution in [0.1, 0.15) is 10.4 Å². The monoisotopic (exact) mass is 279 g/mol. The van der Waals surface area contributed by atoms with Gasteiger partial charge in [0.15, 0.2) is 0 Å². The fraction of sp³-hybridized carbons (Fsp3) is 0.0909. The van der Waals surface area contributed by atoms with Crippen LogP contribution in [0.4, 0.5) is 5.69 Å². The number of benzene rings is 1. The number of rotatable bonds is 4. The molecule has 1 aromatic carbocycles. The van der Waals surface area contributed by atoms with Gasteiger partial charge in [-0.25, -0.2) is 4.79 Å². The van der Waals surface area contributed by atoms with Crippen LogP contribution >= 0.6 is 11.8 Å². The van der Waals surface area contributed by atoms with Crippen LogP contribution in [-0.4, -0.2) is 25.8 Å². The molecule has 1 N–H and O–H groups in total. The molecule has 7 nitrogen and oxygen atoms in total. The van der Waals surface area contributed by atoms with Gasteiger partial charge in [0.1, 0.15) is 0 Å². The second-order valence-electron chi connectivity index (χ2n) is 3.70. The van der Waals surface area contributed by atoms with E-state index < -0.39 is 10.9 Å². The molecule has 0 amide bonds. The highest BCUT2D eigenvalue weighted by molar-refractivity contribution is 7.99. The summed E-state index contributed by atoms with van der Waals surface area (Å²) >= 11 is 1.17. The van der Waals surface area contributed by atoms with Gasteiger partial charge in [0.05, 0.1) is 26.5 Å². The van der Waals surface area contributed by atoms with Crippen LogP contribution in [0.5, 0.6) is 0 Å². The fourth-order valence-corrected chi connectivity index (χ4v) is 2.39. The third-order valence-electron chi connectivity index (χ3n) is 2.31. The highest BCUT2D eigenvalue weighted by atomic mass is 32.2. The molecule has 2 rings (SSSR count). The first-order valence-corrected chi connectivity index (χ1v) is 5.97. The van der Waals surface area contributed by atoms with Crippen LogP contribution in [0, 0.1) is 10.1 Å². The number of carboxylic acids is 1. The summed E-state index contributed by atoms with van der Waals surface area (Å²) in [5.41, 5.74) is -0.337. The van der Waals surface area contributed by atoms with Gasteiger partial charge in [0.2, 0.25) is 0 Å². The van der Waals surface area contributed by atoms with Crippen LogP contribution in [0.25, 0.3) is 0 Å². The second-order valence-corrected chi connectivity index (χ2v) is 4.81. The Kier molecular flexibility index (Phi) is 3.52. The van der Waals surface area contributed by atoms with E-state index in [-0.39, 0.29) is 11.3 Å². The van der Waals surface area contributed by atoms with Crippen molar-refractivity contribution in [3.63, 3.8) is 0 Å². The van der Waals surface area contributed by atoms with E-state index in [1.54, 1.807) is 24.1 Å². The van der Waals surface area contributed by atoms with E-state index in [2.05, 4.69) is 5.10 Å². The predicted molar refractivity (Wildman–Crippen MR) is 67.4 cm³/mol. The van der Waals surface area contributed by atoms with Gasteiger partial charge in [-0.15, -0.1) is 0 Å². The summed E-state index contributed by atoms with van der Waals surface area (Å²) < 4.78 is 1.58. The molecule has 0 aliphatic carbocycles. The smallest absolute Gasteiger partial charge is 0.335 e. The normalized spacial score (nSPS) is 10.4. The number of hydrogen-bond donors (Lipinski definition) is 1. The molecular formula is C11H9N3O4S. The quantitative estimate of drug-likeness (QED) is 0.680. The van der Waals surface area contributed by atoms with Crippen molar-refractivity contribution in [3.8, 4) is 0 Å². The molecule has 8 heteroatoms. The number of aromatic carboxylic acids is 1. The van der Waals surface area contributed by atoms with E-state index in [4.69, 9.17) is 5.11 Å². The Morgan fingerprint density at radius 3 is 2.79 bits per heavy atom. The summed E-state index contributed by atoms with van der Waals surface area (Å²) in [6, 6.07) is 3.83. The lowest BCUT2D eigenvalue weighted by Gasteiger charge is -2.02. The summed E-state index contributed by atoms with van der Waals surface area (Å²) in [6.07, 6.45) is 3.30. The third-order valence-corrected chi connectivity index (χ3v) is 3.32. The molecule has 0 saturated carbocycles. The van der Waals surface area contributed by atoms with Crippen molar-refractivity contribution in [1.29, 1.82) is 0 Å². The Labute approximate surface area is 112 Å². The van der Waals surface area contributed by atoms with Crippen molar-refractivity contribution in [1.82, 2.24) is 9.78 Å². The fourth-order valence-electron chi connectivity index (χ4n) is 1.46. The number of nitrogens with zero attached hydrogens (tertiary/aromatic N) is 3. The third kappa shape index (κ3) is 2.91. The van der Waals surface area contributed by atoms with Gasteiger partial charge in [-0.3, -0.25) is 14.8 Å². The van der Waals surface area contributed by atoms with Gasteiger partial charge in [-0.05, 0) is 12.1 Å². The molecule has 0 saturated heterocycles. The zero-order chi connectivity index (χ0) is 14.0. The van der Waals surface area contributed by atoms with Gasteiger partial charge in [-0.1, -0.05) is 11.8 Å². The molecule has 0 bridgehead atoms. The first-order chi connectivity index (χ1) is 8.97. The molecular weight excluding hydrogens is 270 g/mol. The van der Waals surface area contributed by atoms with Gasteiger partial charge in [0.25, 0.3) is 5.69 Å². The maximum atomic E-state index is 11.0. The number of nitro benzene ring substituents is 1. The molecule has 0 fully saturated rings. The Morgan fingerprint density at radius 2 is 2.26 bits per heavy atom. The maximum absolute atomic E-state index is 11.0. The molecule has 0 radical (unpaired) electrons. The molecule has 2 aromatic rings. The number of nitro groups is 1. The van der Waals surface area contributed by atoms with E-state index in [0.717, 1.165) is 11.0 Å². The van der Waals surface area contributed by atoms with Crippen molar-refractivity contribution >= 4 is 23.4 Å². The zero-order valence-electron chi connectivity index (χ0n) is 9.81. The Bertz CT molecular complexity index is 653. The van der Waals surface area contributed by atoms with E-state index in [1.807, 2.05) is 0 Å². The van der Waals surface area contributed by atoms with Crippen molar-refractivity contribution in [2.24, 2.45) is 7.05 Å². The first-order valence-electron chi connectivity index (χ1n) is 5.15. The standard InChI is InChI=1S/C11H9N3O4S/c1-13-6-8(5-12-13)19-10-3-2-7(11(15)16)4-9(10)14(17)18/h2-6H,1H3,(H,15,16). The molecule has 1 heterocycles. The van der Waals surface area contributed by atoms with Crippen molar-refractivity contribution in [2.75, 3.05) is 0 Å². The minimum absolute atomic E-state index is 0.109. The minimum Gasteiger partial charge on any atom is -0.478 e. The molecule has 0 atom stereocenters. The molecule has 0 aliphatic rings. The first kappa shape index (κ1) is 13.1. The number of aryl methyl sites for hydroxylation is 1. The van der Waals surface area contributed by atoms with Crippen LogP contribution in [0.2, 0.25) is 0 Å². The van der Waals surface area contributed by atoms with Crippen molar-refractivity contribution < 1.29 is 14.8 Å². The number of aromatic nitrogens is 2. The van der Waals surface area contributed by atoms with Crippen LogP contribution in [-0.2, 0) is 7.05 Å². The Morgan fingerprint density at radius 1 is 1.53 bits per heavy atom. The molecule has 1 aromatic heterocycles. The summed E-state index contributed by atoms with van der Waals surface area (Å²) in [7, 11) is 1.74. The van der Waals surface area contributed by atoms with Crippen molar-refractivity contribution in [2.45, 2.75) is 9.79 Å². The number of carbonyl (C=O) groups is 1. The molecule has 0 aliphatic heterocycles. The number of carboxylic acid groups (broad SMARTS) is 1. The zero-order valence-corrected chi connectivity index (χ0v) is 10.6. The van der Waals surface area contributed by atoms with Crippen LogP contribution in [0.15, 0.2) is 40.4 Å². The van der Waals surface area contributed by atoms with E-state index in [9.17, 15) is 14.9 Å². The van der Waals surface area contributed by atoms with Crippen LogP contribution < -0.4 is 0 Å². The predicted octanol–water partition coefficient (Wildman–Crippen LogP) is 2.18. The lowest BCUT2D eigenvalue weighted by molar-refractivity contribution is -0.387. The van der Waals surface area contributed by atoms with Crippen molar-refractivity contribution in [3.05, 3.63) is 46.3 Å². The van der Waals surface area contributed by atoms with Gasteiger partial charge < -0.3 is 5.11 Å². The summed E-state index contributed by atoms with van der Waals surface area (Å²) in [4.78, 5) is 22.3. The average Bonchev–Trinajstić information content (AvgIpc) is 2.74. The Balaban J connectivity index is 2.39. The lowest BCUT2D eigenvalue weighted by atomic mass is 10.2. The topological polar surface area (TPSA) is 98.3 Å². The van der Waals surface area contributed by atoms with E-state index >= 15 is 0 Å². The van der Waals surface area contributed by atoms with Gasteiger partial charge >= 0.3 is 5.97 Å². The number of hydrogen-bond acceptors (Lipinski definition) is 5. The summed E-state index contributed by atoms with van der Waals surface area (Å²) in [5, 5.41) is 23.8. The minimum atomic E-state index is -1.19. The van der Waals surface area contributed by atoms with Crippen LogP contribution in [0.3, 0.4) is 0 Å². The van der Waals surface area contributed by atoms with Gasteiger partial charge in [-0.2, -0.15) is 5.10 Å². The Hall–Kier alpha value is -2.35. The molecule has 98 valence electrons. The van der Waals surface area contributed by atoms with E-state index in [0.29, 0.717) is 4.90 Å². The highest BCUT2D eigenvalue weighted by Crippen LogP contribution is 2.35. The summed E-state index contributed by atoms with van der Waals surface area (Å²) in [5.74, 6) is -1.19. The maximum Gasteiger partial charge on any atom is 0.335 e. The van der Waals surface area contributed by atoms with Gasteiger partial charge in [0, 0.05) is 19.3 Å². The molecule has 0 unspecified atom stereocenters. The second kappa shape index (κ2) is 5.11. The average molecular weight is 279 g/mol. The molecule has 0 spiro atoms. The highest BCUT2D eigenvalue weighted by Gasteiger charge is 2.18. The largest absolute Gasteiger partial charge is 0.478 e. The lowest BCUT2D eigenvalue weighted by Crippen LogP contribution is -1.99. The summed E-state index contributed by atoms with van der Waals surface area (Å²) in [6.45, 7) is 0.